The first-order valence-electron chi connectivity index (χ1n) is 5.12. The van der Waals surface area contributed by atoms with Crippen LogP contribution in [0, 0.1) is 0 Å². The highest BCUT2D eigenvalue weighted by Crippen LogP contribution is 2.33. The highest BCUT2D eigenvalue weighted by Gasteiger charge is 2.18. The molecule has 0 aromatic heterocycles. The van der Waals surface area contributed by atoms with Crippen molar-refractivity contribution in [3.8, 4) is 5.75 Å². The van der Waals surface area contributed by atoms with Gasteiger partial charge in [-0.3, -0.25) is 4.79 Å². The van der Waals surface area contributed by atoms with Crippen molar-refractivity contribution in [3.05, 3.63) is 35.4 Å². The lowest BCUT2D eigenvalue weighted by Crippen LogP contribution is -2.11. The number of primary amides is 1. The van der Waals surface area contributed by atoms with Gasteiger partial charge in [-0.15, -0.1) is 0 Å². The lowest BCUT2D eigenvalue weighted by Gasteiger charge is -2.21. The topological polar surface area (TPSA) is 63.3 Å². The molecule has 1 aromatic carbocycles. The molecular weight excluding hydrogens is 202 g/mol. The van der Waals surface area contributed by atoms with Crippen LogP contribution in [0.2, 0.25) is 0 Å². The van der Waals surface area contributed by atoms with Crippen molar-refractivity contribution in [1.29, 1.82) is 0 Å². The second-order valence-electron chi connectivity index (χ2n) is 4.73. The van der Waals surface area contributed by atoms with Gasteiger partial charge in [-0.05, 0) is 17.1 Å². The second kappa shape index (κ2) is 4.39. The zero-order valence-electron chi connectivity index (χ0n) is 9.82. The van der Waals surface area contributed by atoms with Gasteiger partial charge in [0.2, 0.25) is 5.91 Å². The number of aromatic hydroxyl groups is 1. The first kappa shape index (κ1) is 12.3. The van der Waals surface area contributed by atoms with E-state index >= 15 is 0 Å². The number of carbonyl (C=O) groups excluding carboxylic acids is 1. The molecule has 0 heterocycles. The van der Waals surface area contributed by atoms with Crippen LogP contribution in [0.1, 0.15) is 31.9 Å². The van der Waals surface area contributed by atoms with Crippen molar-refractivity contribution in [2.75, 3.05) is 0 Å². The first-order valence-corrected chi connectivity index (χ1v) is 5.12. The van der Waals surface area contributed by atoms with Crippen LogP contribution in [-0.4, -0.2) is 11.0 Å². The average molecular weight is 219 g/mol. The van der Waals surface area contributed by atoms with Gasteiger partial charge in [0.1, 0.15) is 5.75 Å². The minimum Gasteiger partial charge on any atom is -0.507 e. The Labute approximate surface area is 95.6 Å². The largest absolute Gasteiger partial charge is 0.507 e. The molecular formula is C13H17NO2. The summed E-state index contributed by atoms with van der Waals surface area (Å²) in [7, 11) is 0. The number of hydrogen-bond acceptors (Lipinski definition) is 2. The van der Waals surface area contributed by atoms with Gasteiger partial charge in [0.15, 0.2) is 0 Å². The SMILES string of the molecule is CC(C)(C)c1cccc(C=CC(N)=O)c1O. The van der Waals surface area contributed by atoms with Crippen LogP contribution in [0.15, 0.2) is 24.3 Å². The molecule has 0 saturated carbocycles. The van der Waals surface area contributed by atoms with E-state index < -0.39 is 5.91 Å². The highest BCUT2D eigenvalue weighted by atomic mass is 16.3. The van der Waals surface area contributed by atoms with Crippen molar-refractivity contribution in [2.45, 2.75) is 26.2 Å². The quantitative estimate of drug-likeness (QED) is 0.749. The number of hydrogen-bond donors (Lipinski definition) is 2. The summed E-state index contributed by atoms with van der Waals surface area (Å²) in [5.41, 5.74) is 6.32. The third-order valence-electron chi connectivity index (χ3n) is 2.30. The van der Waals surface area contributed by atoms with Crippen molar-refractivity contribution < 1.29 is 9.90 Å². The maximum absolute atomic E-state index is 10.6. The first-order chi connectivity index (χ1) is 7.32. The lowest BCUT2D eigenvalue weighted by atomic mass is 9.85. The van der Waals surface area contributed by atoms with E-state index in [1.807, 2.05) is 32.9 Å². The van der Waals surface area contributed by atoms with Crippen molar-refractivity contribution in [2.24, 2.45) is 5.73 Å². The molecule has 3 nitrogen and oxygen atoms in total. The molecule has 0 aliphatic rings. The third kappa shape index (κ3) is 2.86. The summed E-state index contributed by atoms with van der Waals surface area (Å²) in [4.78, 5) is 10.6. The number of carbonyl (C=O) groups is 1. The summed E-state index contributed by atoms with van der Waals surface area (Å²) in [6.07, 6.45) is 2.76. The fraction of sp³-hybridized carbons (Fsp3) is 0.308. The van der Waals surface area contributed by atoms with Gasteiger partial charge in [0, 0.05) is 11.6 Å². The van der Waals surface area contributed by atoms with Crippen LogP contribution in [0.4, 0.5) is 0 Å². The minimum absolute atomic E-state index is 0.138. The van der Waals surface area contributed by atoms with E-state index in [9.17, 15) is 9.90 Å². The molecule has 0 spiro atoms. The van der Waals surface area contributed by atoms with Crippen molar-refractivity contribution in [1.82, 2.24) is 0 Å². The summed E-state index contributed by atoms with van der Waals surface area (Å²) < 4.78 is 0. The molecule has 0 fully saturated rings. The predicted octanol–water partition coefficient (Wildman–Crippen LogP) is 2.19. The Morgan fingerprint density at radius 1 is 1.38 bits per heavy atom. The fourth-order valence-electron chi connectivity index (χ4n) is 1.47. The van der Waals surface area contributed by atoms with Gasteiger partial charge in [0.05, 0.1) is 0 Å². The van der Waals surface area contributed by atoms with Gasteiger partial charge in [-0.25, -0.2) is 0 Å². The Kier molecular flexibility index (Phi) is 3.38. The normalized spacial score (nSPS) is 11.9. The molecule has 3 heteroatoms. The number of para-hydroxylation sites is 1. The van der Waals surface area contributed by atoms with Gasteiger partial charge < -0.3 is 10.8 Å². The van der Waals surface area contributed by atoms with E-state index in [2.05, 4.69) is 0 Å². The zero-order valence-corrected chi connectivity index (χ0v) is 9.82. The Bertz CT molecular complexity index is 428. The monoisotopic (exact) mass is 219 g/mol. The number of amides is 1. The van der Waals surface area contributed by atoms with E-state index in [0.29, 0.717) is 5.56 Å². The smallest absolute Gasteiger partial charge is 0.241 e. The van der Waals surface area contributed by atoms with E-state index in [0.717, 1.165) is 5.56 Å². The predicted molar refractivity (Wildman–Crippen MR) is 65.0 cm³/mol. The number of rotatable bonds is 2. The van der Waals surface area contributed by atoms with Crippen LogP contribution in [-0.2, 0) is 10.2 Å². The van der Waals surface area contributed by atoms with Crippen molar-refractivity contribution in [3.63, 3.8) is 0 Å². The van der Waals surface area contributed by atoms with Crippen LogP contribution >= 0.6 is 0 Å². The molecule has 0 bridgehead atoms. The number of benzene rings is 1. The number of phenols is 1. The summed E-state index contributed by atoms with van der Waals surface area (Å²) in [6.45, 7) is 6.05. The molecule has 0 unspecified atom stereocenters. The minimum atomic E-state index is -0.527. The van der Waals surface area contributed by atoms with Gasteiger partial charge in [-0.2, -0.15) is 0 Å². The summed E-state index contributed by atoms with van der Waals surface area (Å²) in [5.74, 6) is -0.326. The lowest BCUT2D eigenvalue weighted by molar-refractivity contribution is -0.113. The third-order valence-corrected chi connectivity index (χ3v) is 2.30. The van der Waals surface area contributed by atoms with Crippen molar-refractivity contribution >= 4 is 12.0 Å². The standard InChI is InChI=1S/C13H17NO2/c1-13(2,3)10-6-4-5-9(12(10)16)7-8-11(14)15/h4-8,16H,1-3H3,(H2,14,15). The maximum Gasteiger partial charge on any atom is 0.241 e. The summed E-state index contributed by atoms with van der Waals surface area (Å²) >= 11 is 0. The van der Waals surface area contributed by atoms with Gasteiger partial charge in [0.25, 0.3) is 0 Å². The molecule has 1 rings (SSSR count). The fourth-order valence-corrected chi connectivity index (χ4v) is 1.47. The molecule has 0 aliphatic heterocycles. The molecule has 0 atom stereocenters. The van der Waals surface area contributed by atoms with Crippen LogP contribution in [0.3, 0.4) is 0 Å². The zero-order chi connectivity index (χ0) is 12.3. The molecule has 1 amide bonds. The molecule has 0 radical (unpaired) electrons. The number of phenolic OH excluding ortho intramolecular Hbond substituents is 1. The summed E-state index contributed by atoms with van der Waals surface area (Å²) in [5, 5.41) is 10.0. The highest BCUT2D eigenvalue weighted by molar-refractivity contribution is 5.90. The molecule has 3 N–H and O–H groups in total. The molecule has 0 aliphatic carbocycles. The molecule has 16 heavy (non-hydrogen) atoms. The molecule has 0 saturated heterocycles. The Hall–Kier alpha value is -1.77. The Balaban J connectivity index is 3.19. The second-order valence-corrected chi connectivity index (χ2v) is 4.73. The van der Waals surface area contributed by atoms with Crippen LogP contribution in [0.5, 0.6) is 5.75 Å². The number of nitrogens with two attached hydrogens (primary N) is 1. The average Bonchev–Trinajstić information content (AvgIpc) is 2.14. The van der Waals surface area contributed by atoms with E-state index in [1.165, 1.54) is 12.2 Å². The van der Waals surface area contributed by atoms with Gasteiger partial charge >= 0.3 is 0 Å². The van der Waals surface area contributed by atoms with E-state index in [1.54, 1.807) is 6.07 Å². The Morgan fingerprint density at radius 3 is 2.50 bits per heavy atom. The van der Waals surface area contributed by atoms with Crippen LogP contribution < -0.4 is 5.73 Å². The Morgan fingerprint density at radius 2 is 2.00 bits per heavy atom. The summed E-state index contributed by atoms with van der Waals surface area (Å²) in [6, 6.07) is 5.46. The molecule has 86 valence electrons. The maximum atomic E-state index is 10.6. The van der Waals surface area contributed by atoms with E-state index in [-0.39, 0.29) is 11.2 Å². The molecule has 1 aromatic rings. The van der Waals surface area contributed by atoms with Gasteiger partial charge in [-0.1, -0.05) is 39.0 Å². The van der Waals surface area contributed by atoms with Crippen LogP contribution in [0.25, 0.3) is 6.08 Å². The van der Waals surface area contributed by atoms with E-state index in [4.69, 9.17) is 5.73 Å².